The lowest BCUT2D eigenvalue weighted by atomic mass is 10.0. The first-order valence-electron chi connectivity index (χ1n) is 8.55. The average Bonchev–Trinajstić information content (AvgIpc) is 3.43. The zero-order valence-corrected chi connectivity index (χ0v) is 15.9. The Bertz CT molecular complexity index is 1270. The highest BCUT2D eigenvalue weighted by molar-refractivity contribution is 7.13. The molecule has 0 atom stereocenters. The van der Waals surface area contributed by atoms with Crippen molar-refractivity contribution in [3.05, 3.63) is 81.9 Å². The van der Waals surface area contributed by atoms with Gasteiger partial charge >= 0.3 is 0 Å². The van der Waals surface area contributed by atoms with Crippen molar-refractivity contribution < 1.29 is 4.79 Å². The van der Waals surface area contributed by atoms with Crippen molar-refractivity contribution in [2.75, 3.05) is 0 Å². The summed E-state index contributed by atoms with van der Waals surface area (Å²) in [5.74, 6) is -0.411. The number of fused-ring (bicyclic) bond motifs is 3. The fraction of sp³-hybridized carbons (Fsp3) is 0.0455. The number of hydrogen-bond donors (Lipinski definition) is 1. The SMILES string of the molecule is NC(=O)c1cccc2c1c1[c]cc(-c3cccs3)cc1n2Cc1cccs1. The van der Waals surface area contributed by atoms with Crippen molar-refractivity contribution in [3.8, 4) is 10.4 Å². The van der Waals surface area contributed by atoms with Crippen molar-refractivity contribution in [3.63, 3.8) is 0 Å². The molecule has 3 nitrogen and oxygen atoms in total. The molecule has 131 valence electrons. The molecule has 2 aromatic carbocycles. The summed E-state index contributed by atoms with van der Waals surface area (Å²) in [4.78, 5) is 14.5. The standard InChI is InChI=1S/C22H15N2OS2/c23-22(25)17-5-1-6-18-21(17)16-9-8-14(20-7-3-11-27-20)12-19(16)24(18)13-15-4-2-10-26-15/h1-8,10-12H,13H2,(H2,23,25). The number of aromatic nitrogens is 1. The number of carbonyl (C=O) groups is 1. The Kier molecular flexibility index (Phi) is 3.85. The summed E-state index contributed by atoms with van der Waals surface area (Å²) < 4.78 is 2.26. The summed E-state index contributed by atoms with van der Waals surface area (Å²) in [7, 11) is 0. The third kappa shape index (κ3) is 2.67. The van der Waals surface area contributed by atoms with Gasteiger partial charge in [0.25, 0.3) is 0 Å². The van der Waals surface area contributed by atoms with E-state index in [0.29, 0.717) is 5.56 Å². The van der Waals surface area contributed by atoms with Gasteiger partial charge in [-0.25, -0.2) is 0 Å². The van der Waals surface area contributed by atoms with E-state index in [0.717, 1.165) is 33.9 Å². The molecule has 1 amide bonds. The lowest BCUT2D eigenvalue weighted by Gasteiger charge is -2.07. The van der Waals surface area contributed by atoms with Gasteiger partial charge in [0.15, 0.2) is 0 Å². The van der Waals surface area contributed by atoms with Crippen LogP contribution in [0.1, 0.15) is 15.2 Å². The lowest BCUT2D eigenvalue weighted by Crippen LogP contribution is -2.11. The normalized spacial score (nSPS) is 11.4. The highest BCUT2D eigenvalue weighted by Gasteiger charge is 2.17. The number of rotatable bonds is 4. The predicted octanol–water partition coefficient (Wildman–Crippen LogP) is 5.53. The summed E-state index contributed by atoms with van der Waals surface area (Å²) in [5.41, 5.74) is 9.42. The van der Waals surface area contributed by atoms with Crippen molar-refractivity contribution in [2.24, 2.45) is 5.73 Å². The van der Waals surface area contributed by atoms with Gasteiger partial charge in [-0.15, -0.1) is 22.7 Å². The second-order valence-corrected chi connectivity index (χ2v) is 8.34. The van der Waals surface area contributed by atoms with E-state index >= 15 is 0 Å². The molecular weight excluding hydrogens is 372 g/mol. The molecule has 3 heterocycles. The monoisotopic (exact) mass is 387 g/mol. The minimum atomic E-state index is -0.411. The third-order valence-electron chi connectivity index (χ3n) is 4.76. The molecule has 0 saturated carbocycles. The van der Waals surface area contributed by atoms with E-state index in [9.17, 15) is 4.79 Å². The predicted molar refractivity (Wildman–Crippen MR) is 114 cm³/mol. The lowest BCUT2D eigenvalue weighted by molar-refractivity contribution is 0.100. The van der Waals surface area contributed by atoms with Crippen LogP contribution in [0.25, 0.3) is 32.2 Å². The second-order valence-electron chi connectivity index (χ2n) is 6.36. The molecule has 2 N–H and O–H groups in total. The Labute approximate surface area is 164 Å². The first-order chi connectivity index (χ1) is 13.2. The van der Waals surface area contributed by atoms with Crippen LogP contribution in [0.15, 0.2) is 65.4 Å². The molecular formula is C22H15N2OS2. The van der Waals surface area contributed by atoms with E-state index in [4.69, 9.17) is 5.73 Å². The fourth-order valence-corrected chi connectivity index (χ4v) is 4.98. The van der Waals surface area contributed by atoms with Crippen LogP contribution in [-0.4, -0.2) is 10.5 Å². The molecule has 0 bridgehead atoms. The third-order valence-corrected chi connectivity index (χ3v) is 6.54. The highest BCUT2D eigenvalue weighted by atomic mass is 32.1. The number of nitrogens with two attached hydrogens (primary N) is 1. The first kappa shape index (κ1) is 16.3. The summed E-state index contributed by atoms with van der Waals surface area (Å²) in [6, 6.07) is 21.7. The van der Waals surface area contributed by atoms with Gasteiger partial charge in [0.05, 0.1) is 17.6 Å². The molecule has 5 heteroatoms. The van der Waals surface area contributed by atoms with Gasteiger partial charge in [0.1, 0.15) is 0 Å². The second kappa shape index (κ2) is 6.37. The van der Waals surface area contributed by atoms with Crippen molar-refractivity contribution in [1.82, 2.24) is 4.57 Å². The van der Waals surface area contributed by atoms with E-state index < -0.39 is 5.91 Å². The summed E-state index contributed by atoms with van der Waals surface area (Å²) in [6.45, 7) is 0.752. The minimum Gasteiger partial charge on any atom is -0.366 e. The maximum Gasteiger partial charge on any atom is 0.249 e. The minimum absolute atomic E-state index is 0.411. The summed E-state index contributed by atoms with van der Waals surface area (Å²) in [5, 5.41) is 5.98. The number of primary amides is 1. The molecule has 0 aliphatic heterocycles. The molecule has 0 saturated heterocycles. The molecule has 0 fully saturated rings. The number of hydrogen-bond acceptors (Lipinski definition) is 3. The fourth-order valence-electron chi connectivity index (χ4n) is 3.57. The van der Waals surface area contributed by atoms with Gasteiger partial charge in [0, 0.05) is 26.1 Å². The first-order valence-corrected chi connectivity index (χ1v) is 10.3. The Balaban J connectivity index is 1.85. The number of amides is 1. The maximum atomic E-state index is 12.0. The van der Waals surface area contributed by atoms with Crippen LogP contribution in [0, 0.1) is 6.07 Å². The van der Waals surface area contributed by atoms with Crippen LogP contribution in [-0.2, 0) is 6.54 Å². The Hall–Kier alpha value is -2.89. The van der Waals surface area contributed by atoms with Gasteiger partial charge < -0.3 is 10.3 Å². The average molecular weight is 388 g/mol. The van der Waals surface area contributed by atoms with Crippen LogP contribution < -0.4 is 5.73 Å². The zero-order valence-electron chi connectivity index (χ0n) is 14.3. The van der Waals surface area contributed by atoms with Gasteiger partial charge in [-0.05, 0) is 58.8 Å². The molecule has 0 spiro atoms. The smallest absolute Gasteiger partial charge is 0.249 e. The van der Waals surface area contributed by atoms with Crippen molar-refractivity contribution in [2.45, 2.75) is 6.54 Å². The highest BCUT2D eigenvalue weighted by Crippen LogP contribution is 2.35. The van der Waals surface area contributed by atoms with Crippen molar-refractivity contribution >= 4 is 50.4 Å². The van der Waals surface area contributed by atoms with Crippen molar-refractivity contribution in [1.29, 1.82) is 0 Å². The Morgan fingerprint density at radius 2 is 1.89 bits per heavy atom. The molecule has 0 aliphatic rings. The topological polar surface area (TPSA) is 48.0 Å². The van der Waals surface area contributed by atoms with Gasteiger partial charge in [-0.2, -0.15) is 0 Å². The van der Waals surface area contributed by atoms with E-state index in [1.54, 1.807) is 28.7 Å². The van der Waals surface area contributed by atoms with E-state index in [1.807, 2.05) is 18.2 Å². The van der Waals surface area contributed by atoms with E-state index in [1.165, 1.54) is 9.75 Å². The number of nitrogens with zero attached hydrogens (tertiary/aromatic N) is 1. The molecule has 5 rings (SSSR count). The molecule has 1 radical (unpaired) electrons. The van der Waals surface area contributed by atoms with Gasteiger partial charge in [-0.3, -0.25) is 4.79 Å². The summed E-state index contributed by atoms with van der Waals surface area (Å²) in [6.07, 6.45) is 0. The van der Waals surface area contributed by atoms with Crippen LogP contribution in [0.3, 0.4) is 0 Å². The van der Waals surface area contributed by atoms with Gasteiger partial charge in [0.2, 0.25) is 5.91 Å². The van der Waals surface area contributed by atoms with Crippen LogP contribution >= 0.6 is 22.7 Å². The summed E-state index contributed by atoms with van der Waals surface area (Å²) >= 11 is 3.44. The molecule has 0 aliphatic carbocycles. The number of thiophene rings is 2. The van der Waals surface area contributed by atoms with Crippen LogP contribution in [0.5, 0.6) is 0 Å². The van der Waals surface area contributed by atoms with Crippen LogP contribution in [0.2, 0.25) is 0 Å². The molecule has 27 heavy (non-hydrogen) atoms. The molecule has 5 aromatic rings. The number of benzene rings is 2. The maximum absolute atomic E-state index is 12.0. The van der Waals surface area contributed by atoms with E-state index in [2.05, 4.69) is 51.7 Å². The quantitative estimate of drug-likeness (QED) is 0.433. The molecule has 0 unspecified atom stereocenters. The van der Waals surface area contributed by atoms with Gasteiger partial charge in [-0.1, -0.05) is 18.2 Å². The zero-order chi connectivity index (χ0) is 18.4. The Morgan fingerprint density at radius 3 is 2.63 bits per heavy atom. The molecule has 3 aromatic heterocycles. The number of carbonyl (C=O) groups excluding carboxylic acids is 1. The largest absolute Gasteiger partial charge is 0.366 e. The van der Waals surface area contributed by atoms with Crippen LogP contribution in [0.4, 0.5) is 0 Å². The van der Waals surface area contributed by atoms with E-state index in [-0.39, 0.29) is 0 Å². The Morgan fingerprint density at radius 1 is 1.04 bits per heavy atom.